The van der Waals surface area contributed by atoms with Gasteiger partial charge in [0.2, 0.25) is 0 Å². The van der Waals surface area contributed by atoms with Crippen LogP contribution in [0.25, 0.3) is 0 Å². The van der Waals surface area contributed by atoms with Crippen LogP contribution < -0.4 is 5.32 Å². The fourth-order valence-electron chi connectivity index (χ4n) is 2.64. The monoisotopic (exact) mass is 317 g/mol. The molecule has 1 amide bonds. The van der Waals surface area contributed by atoms with Crippen molar-refractivity contribution in [3.63, 3.8) is 0 Å². The molecule has 1 aromatic heterocycles. The number of amides is 1. The van der Waals surface area contributed by atoms with Crippen molar-refractivity contribution in [2.45, 2.75) is 64.2 Å². The first-order chi connectivity index (χ1) is 10.1. The summed E-state index contributed by atoms with van der Waals surface area (Å²) in [7, 11) is 0. The summed E-state index contributed by atoms with van der Waals surface area (Å²) < 4.78 is 39.5. The summed E-state index contributed by atoms with van der Waals surface area (Å²) in [6.07, 6.45) is -0.0838. The molecule has 0 radical (unpaired) electrons. The summed E-state index contributed by atoms with van der Waals surface area (Å²) in [6, 6.07) is -0.191. The molecular weight excluding hydrogens is 295 g/mol. The van der Waals surface area contributed by atoms with Crippen LogP contribution in [0.3, 0.4) is 0 Å². The van der Waals surface area contributed by atoms with Gasteiger partial charge in [-0.05, 0) is 46.5 Å². The molecule has 0 saturated heterocycles. The minimum Gasteiger partial charge on any atom is -0.349 e. The van der Waals surface area contributed by atoms with Gasteiger partial charge in [0.25, 0.3) is 5.91 Å². The van der Waals surface area contributed by atoms with E-state index in [0.29, 0.717) is 18.4 Å². The Balaban J connectivity index is 1.90. The molecule has 1 heterocycles. The second-order valence-corrected chi connectivity index (χ2v) is 6.91. The van der Waals surface area contributed by atoms with Crippen molar-refractivity contribution in [3.05, 3.63) is 18.0 Å². The van der Waals surface area contributed by atoms with Crippen LogP contribution in [0.2, 0.25) is 0 Å². The summed E-state index contributed by atoms with van der Waals surface area (Å²) in [5.41, 5.74) is 0.219. The highest BCUT2D eigenvalue weighted by Gasteiger charge is 2.41. The highest BCUT2D eigenvalue weighted by atomic mass is 19.4. The molecule has 0 bridgehead atoms. The molecule has 1 aliphatic rings. The van der Waals surface area contributed by atoms with Gasteiger partial charge in [0.15, 0.2) is 0 Å². The number of halogens is 3. The first kappa shape index (κ1) is 16.8. The summed E-state index contributed by atoms with van der Waals surface area (Å²) in [4.78, 5) is 12.1. The Kier molecular flexibility index (Phi) is 4.54. The lowest BCUT2D eigenvalue weighted by molar-refractivity contribution is -0.182. The zero-order valence-electron chi connectivity index (χ0n) is 13.1. The van der Waals surface area contributed by atoms with Gasteiger partial charge in [-0.2, -0.15) is 18.3 Å². The zero-order chi connectivity index (χ0) is 16.5. The van der Waals surface area contributed by atoms with Crippen molar-refractivity contribution in [1.82, 2.24) is 15.1 Å². The van der Waals surface area contributed by atoms with E-state index in [1.54, 1.807) is 10.9 Å². The van der Waals surface area contributed by atoms with Crippen LogP contribution in [0.1, 0.15) is 56.8 Å². The third-order valence-corrected chi connectivity index (χ3v) is 4.06. The lowest BCUT2D eigenvalue weighted by Crippen LogP contribution is -2.40. The first-order valence-corrected chi connectivity index (χ1v) is 7.50. The molecule has 0 aliphatic heterocycles. The van der Waals surface area contributed by atoms with Crippen molar-refractivity contribution >= 4 is 5.91 Å². The van der Waals surface area contributed by atoms with Crippen LogP contribution >= 0.6 is 0 Å². The van der Waals surface area contributed by atoms with Crippen LogP contribution in [0, 0.1) is 5.92 Å². The maximum Gasteiger partial charge on any atom is 0.391 e. The zero-order valence-corrected chi connectivity index (χ0v) is 13.1. The van der Waals surface area contributed by atoms with E-state index < -0.39 is 12.1 Å². The van der Waals surface area contributed by atoms with Gasteiger partial charge in [0.05, 0.1) is 23.2 Å². The summed E-state index contributed by atoms with van der Waals surface area (Å²) in [6.45, 7) is 5.92. The van der Waals surface area contributed by atoms with Gasteiger partial charge in [-0.15, -0.1) is 0 Å². The Morgan fingerprint density at radius 3 is 2.27 bits per heavy atom. The van der Waals surface area contributed by atoms with Crippen molar-refractivity contribution < 1.29 is 18.0 Å². The average molecular weight is 317 g/mol. The van der Waals surface area contributed by atoms with E-state index in [1.165, 1.54) is 6.20 Å². The largest absolute Gasteiger partial charge is 0.391 e. The topological polar surface area (TPSA) is 46.9 Å². The number of nitrogens with one attached hydrogen (secondary N) is 1. The lowest BCUT2D eigenvalue weighted by Gasteiger charge is -2.30. The van der Waals surface area contributed by atoms with E-state index in [9.17, 15) is 18.0 Å². The third kappa shape index (κ3) is 4.01. The lowest BCUT2D eigenvalue weighted by atomic mass is 9.85. The summed E-state index contributed by atoms with van der Waals surface area (Å²) in [5.74, 6) is -1.50. The standard InChI is InChI=1S/C15H22F3N3O/c1-14(2,3)21-9-10(8-19-21)13(22)20-12-6-4-11(5-7-12)15(16,17)18/h8-9,11-12H,4-7H2,1-3H3,(H,20,22). The molecule has 0 atom stereocenters. The number of hydrogen-bond donors (Lipinski definition) is 1. The Hall–Kier alpha value is -1.53. The molecule has 1 N–H and O–H groups in total. The molecule has 1 saturated carbocycles. The van der Waals surface area contributed by atoms with E-state index in [2.05, 4.69) is 10.4 Å². The Bertz CT molecular complexity index is 523. The van der Waals surface area contributed by atoms with Gasteiger partial charge in [-0.25, -0.2) is 0 Å². The van der Waals surface area contributed by atoms with Crippen molar-refractivity contribution in [2.75, 3.05) is 0 Å². The average Bonchev–Trinajstić information content (AvgIpc) is 2.87. The minimum absolute atomic E-state index is 0.0791. The number of carbonyl (C=O) groups is 1. The second kappa shape index (κ2) is 5.93. The molecule has 1 aromatic rings. The number of nitrogens with zero attached hydrogens (tertiary/aromatic N) is 2. The summed E-state index contributed by atoms with van der Waals surface area (Å²) in [5, 5.41) is 6.97. The van der Waals surface area contributed by atoms with E-state index in [0.717, 1.165) is 0 Å². The van der Waals surface area contributed by atoms with Crippen LogP contribution in [0.15, 0.2) is 12.4 Å². The molecule has 0 unspecified atom stereocenters. The fourth-order valence-corrected chi connectivity index (χ4v) is 2.64. The van der Waals surface area contributed by atoms with Crippen LogP contribution in [-0.4, -0.2) is 27.9 Å². The quantitative estimate of drug-likeness (QED) is 0.907. The molecule has 0 spiro atoms. The van der Waals surface area contributed by atoms with Crippen molar-refractivity contribution in [3.8, 4) is 0 Å². The number of hydrogen-bond acceptors (Lipinski definition) is 2. The molecule has 22 heavy (non-hydrogen) atoms. The second-order valence-electron chi connectivity index (χ2n) is 6.91. The Morgan fingerprint density at radius 1 is 1.23 bits per heavy atom. The SMILES string of the molecule is CC(C)(C)n1cc(C(=O)NC2CCC(C(F)(F)F)CC2)cn1. The minimum atomic E-state index is -4.12. The predicted octanol–water partition coefficient (Wildman–Crippen LogP) is 3.49. The molecule has 124 valence electrons. The van der Waals surface area contributed by atoms with Gasteiger partial charge in [0.1, 0.15) is 0 Å². The number of alkyl halides is 3. The van der Waals surface area contributed by atoms with Gasteiger partial charge in [-0.3, -0.25) is 9.48 Å². The first-order valence-electron chi connectivity index (χ1n) is 7.50. The van der Waals surface area contributed by atoms with Crippen LogP contribution in [0.4, 0.5) is 13.2 Å². The Morgan fingerprint density at radius 2 is 1.82 bits per heavy atom. The van der Waals surface area contributed by atoms with Gasteiger partial charge in [-0.1, -0.05) is 0 Å². The van der Waals surface area contributed by atoms with E-state index in [4.69, 9.17) is 0 Å². The molecule has 0 aromatic carbocycles. The van der Waals surface area contributed by atoms with Gasteiger partial charge >= 0.3 is 6.18 Å². The number of carbonyl (C=O) groups excluding carboxylic acids is 1. The Labute approximate surface area is 128 Å². The molecular formula is C15H22F3N3O. The molecule has 2 rings (SSSR count). The highest BCUT2D eigenvalue weighted by Crippen LogP contribution is 2.37. The fraction of sp³-hybridized carbons (Fsp3) is 0.733. The molecule has 4 nitrogen and oxygen atoms in total. The predicted molar refractivity (Wildman–Crippen MR) is 76.5 cm³/mol. The third-order valence-electron chi connectivity index (χ3n) is 4.06. The normalized spacial score (nSPS) is 23.4. The van der Waals surface area contributed by atoms with Crippen LogP contribution in [-0.2, 0) is 5.54 Å². The molecule has 1 fully saturated rings. The maximum absolute atomic E-state index is 12.6. The van der Waals surface area contributed by atoms with E-state index in [1.807, 2.05) is 20.8 Å². The van der Waals surface area contributed by atoms with E-state index >= 15 is 0 Å². The smallest absolute Gasteiger partial charge is 0.349 e. The van der Waals surface area contributed by atoms with Gasteiger partial charge < -0.3 is 5.32 Å². The van der Waals surface area contributed by atoms with Crippen molar-refractivity contribution in [1.29, 1.82) is 0 Å². The van der Waals surface area contributed by atoms with Crippen molar-refractivity contribution in [2.24, 2.45) is 5.92 Å². The van der Waals surface area contributed by atoms with Gasteiger partial charge in [0, 0.05) is 12.2 Å². The summed E-state index contributed by atoms with van der Waals surface area (Å²) >= 11 is 0. The number of aromatic nitrogens is 2. The highest BCUT2D eigenvalue weighted by molar-refractivity contribution is 5.93. The van der Waals surface area contributed by atoms with Crippen LogP contribution in [0.5, 0.6) is 0 Å². The maximum atomic E-state index is 12.6. The molecule has 7 heteroatoms. The number of rotatable bonds is 2. The molecule has 1 aliphatic carbocycles. The van der Waals surface area contributed by atoms with E-state index in [-0.39, 0.29) is 30.3 Å².